The second kappa shape index (κ2) is 9.05. The van der Waals surface area contributed by atoms with Gasteiger partial charge in [-0.05, 0) is 25.1 Å². The van der Waals surface area contributed by atoms with Crippen LogP contribution in [0.4, 0.5) is 13.2 Å². The van der Waals surface area contributed by atoms with E-state index in [4.69, 9.17) is 23.8 Å². The minimum Gasteiger partial charge on any atom is -0.475 e. The van der Waals surface area contributed by atoms with E-state index in [1.54, 1.807) is 6.20 Å². The molecule has 0 aromatic carbocycles. The Hall–Kier alpha value is -2.59. The molecule has 2 aromatic rings. The molecular weight excluding hydrogens is 405 g/mol. The molecule has 0 saturated carbocycles. The molecule has 30 heavy (non-hydrogen) atoms. The Balaban J connectivity index is 0.000000318. The molecule has 10 heteroatoms. The van der Waals surface area contributed by atoms with Crippen molar-refractivity contribution in [1.82, 2.24) is 9.88 Å². The summed E-state index contributed by atoms with van der Waals surface area (Å²) in [6.07, 6.45) is -1.28. The van der Waals surface area contributed by atoms with E-state index >= 15 is 0 Å². The number of pyridine rings is 1. The molecule has 1 N–H and O–H groups in total. The number of carbonyl (C=O) groups is 1. The van der Waals surface area contributed by atoms with E-state index in [-0.39, 0.29) is 11.7 Å². The quantitative estimate of drug-likeness (QED) is 0.799. The van der Waals surface area contributed by atoms with E-state index in [0.29, 0.717) is 5.88 Å². The Morgan fingerprint density at radius 1 is 1.33 bits per heavy atom. The largest absolute Gasteiger partial charge is 0.490 e. The van der Waals surface area contributed by atoms with Gasteiger partial charge in [-0.1, -0.05) is 6.07 Å². The first-order valence-corrected chi connectivity index (χ1v) is 9.45. The first-order valence-electron chi connectivity index (χ1n) is 9.45. The van der Waals surface area contributed by atoms with Gasteiger partial charge in [0.25, 0.3) is 0 Å². The Kier molecular flexibility index (Phi) is 6.67. The summed E-state index contributed by atoms with van der Waals surface area (Å²) in [5.74, 6) is -0.0632. The maximum absolute atomic E-state index is 10.6. The fourth-order valence-corrected chi connectivity index (χ4v) is 3.56. The van der Waals surface area contributed by atoms with Gasteiger partial charge in [0.2, 0.25) is 5.88 Å². The van der Waals surface area contributed by atoms with Crippen molar-refractivity contribution in [3.05, 3.63) is 48.0 Å². The SMILES string of the molecule is Cc1ccc(CN2CC3(CC(Oc4ccccn4)CCO3)C2)o1.O=C(O)C(F)(F)F. The van der Waals surface area contributed by atoms with Crippen LogP contribution in [0.25, 0.3) is 0 Å². The molecule has 2 aromatic heterocycles. The van der Waals surface area contributed by atoms with Crippen molar-refractivity contribution in [1.29, 1.82) is 0 Å². The third kappa shape index (κ3) is 5.96. The number of aryl methyl sites for hydroxylation is 1. The zero-order valence-corrected chi connectivity index (χ0v) is 16.4. The fraction of sp³-hybridized carbons (Fsp3) is 0.500. The van der Waals surface area contributed by atoms with Gasteiger partial charge in [0.15, 0.2) is 0 Å². The molecule has 2 aliphatic rings. The first kappa shape index (κ1) is 22.1. The molecular formula is C20H23F3N2O5. The molecule has 4 rings (SSSR count). The number of carboxylic acid groups (broad SMARTS) is 1. The van der Waals surface area contributed by atoms with Gasteiger partial charge in [-0.3, -0.25) is 4.90 Å². The topological polar surface area (TPSA) is 85.0 Å². The standard InChI is InChI=1S/C18H22N2O3.C2HF3O2/c1-14-5-6-16(22-14)11-20-12-18(13-20)10-15(7-9-21-18)23-17-4-2-3-8-19-17;3-2(4,5)1(6)7/h2-6,8,15H,7,9-13H2,1H3;(H,6,7). The van der Waals surface area contributed by atoms with Crippen LogP contribution in [0, 0.1) is 6.92 Å². The third-order valence-electron chi connectivity index (χ3n) is 4.81. The molecule has 1 unspecified atom stereocenters. The molecule has 1 atom stereocenters. The average molecular weight is 428 g/mol. The van der Waals surface area contributed by atoms with Gasteiger partial charge in [-0.25, -0.2) is 9.78 Å². The van der Waals surface area contributed by atoms with E-state index in [2.05, 4.69) is 16.0 Å². The average Bonchev–Trinajstić information content (AvgIpc) is 3.06. The van der Waals surface area contributed by atoms with Crippen LogP contribution in [0.3, 0.4) is 0 Å². The van der Waals surface area contributed by atoms with Crippen LogP contribution in [0.1, 0.15) is 24.4 Å². The predicted molar refractivity (Wildman–Crippen MR) is 99.0 cm³/mol. The highest BCUT2D eigenvalue weighted by Crippen LogP contribution is 2.36. The molecule has 164 valence electrons. The van der Waals surface area contributed by atoms with Crippen LogP contribution >= 0.6 is 0 Å². The lowest BCUT2D eigenvalue weighted by molar-refractivity contribution is -0.192. The summed E-state index contributed by atoms with van der Waals surface area (Å²) in [6.45, 7) is 5.46. The molecule has 7 nitrogen and oxygen atoms in total. The minimum absolute atomic E-state index is 0.0562. The highest BCUT2D eigenvalue weighted by molar-refractivity contribution is 5.73. The van der Waals surface area contributed by atoms with E-state index in [9.17, 15) is 13.2 Å². The number of hydrogen-bond donors (Lipinski definition) is 1. The summed E-state index contributed by atoms with van der Waals surface area (Å²) in [7, 11) is 0. The molecule has 1 spiro atoms. The number of aromatic nitrogens is 1. The van der Waals surface area contributed by atoms with Gasteiger partial charge >= 0.3 is 12.1 Å². The highest BCUT2D eigenvalue weighted by Gasteiger charge is 2.48. The number of ether oxygens (including phenoxy) is 2. The second-order valence-corrected chi connectivity index (χ2v) is 7.39. The Bertz CT molecular complexity index is 834. The molecule has 0 bridgehead atoms. The lowest BCUT2D eigenvalue weighted by Gasteiger charge is -2.52. The van der Waals surface area contributed by atoms with Gasteiger partial charge in [-0.2, -0.15) is 13.2 Å². The third-order valence-corrected chi connectivity index (χ3v) is 4.81. The zero-order chi connectivity index (χ0) is 21.8. The number of furan rings is 1. The van der Waals surface area contributed by atoms with Crippen LogP contribution in [0.15, 0.2) is 40.9 Å². The normalized spacial score (nSPS) is 20.7. The fourth-order valence-electron chi connectivity index (χ4n) is 3.56. The Morgan fingerprint density at radius 2 is 2.07 bits per heavy atom. The van der Waals surface area contributed by atoms with Gasteiger partial charge in [0.05, 0.1) is 18.8 Å². The van der Waals surface area contributed by atoms with E-state index in [1.165, 1.54) is 0 Å². The number of aliphatic carboxylic acids is 1. The molecule has 2 aliphatic heterocycles. The van der Waals surface area contributed by atoms with Crippen LogP contribution in [0.2, 0.25) is 0 Å². The van der Waals surface area contributed by atoms with Crippen LogP contribution in [0.5, 0.6) is 5.88 Å². The second-order valence-electron chi connectivity index (χ2n) is 7.39. The van der Waals surface area contributed by atoms with Crippen LogP contribution in [-0.2, 0) is 16.1 Å². The molecule has 2 saturated heterocycles. The van der Waals surface area contributed by atoms with Crippen molar-refractivity contribution in [3.63, 3.8) is 0 Å². The summed E-state index contributed by atoms with van der Waals surface area (Å²) in [6, 6.07) is 9.83. The van der Waals surface area contributed by atoms with Crippen LogP contribution < -0.4 is 4.74 Å². The molecule has 4 heterocycles. The number of hydrogen-bond acceptors (Lipinski definition) is 6. The maximum atomic E-state index is 10.6. The van der Waals surface area contributed by atoms with Crippen molar-refractivity contribution >= 4 is 5.97 Å². The lowest BCUT2D eigenvalue weighted by atomic mass is 9.84. The number of likely N-dealkylation sites (tertiary alicyclic amines) is 1. The van der Waals surface area contributed by atoms with E-state index < -0.39 is 12.1 Å². The smallest absolute Gasteiger partial charge is 0.475 e. The number of alkyl halides is 3. The minimum atomic E-state index is -5.08. The zero-order valence-electron chi connectivity index (χ0n) is 16.4. The van der Waals surface area contributed by atoms with Gasteiger partial charge in [-0.15, -0.1) is 0 Å². The van der Waals surface area contributed by atoms with E-state index in [1.807, 2.05) is 31.2 Å². The summed E-state index contributed by atoms with van der Waals surface area (Å²) in [5, 5.41) is 7.12. The van der Waals surface area contributed by atoms with Gasteiger partial charge in [0.1, 0.15) is 17.6 Å². The molecule has 2 fully saturated rings. The van der Waals surface area contributed by atoms with E-state index in [0.717, 1.165) is 50.6 Å². The summed E-state index contributed by atoms with van der Waals surface area (Å²) in [5.41, 5.74) is -0.0562. The van der Waals surface area contributed by atoms with Gasteiger partial charge < -0.3 is 19.0 Å². The molecule has 0 amide bonds. The van der Waals surface area contributed by atoms with Crippen LogP contribution in [-0.4, -0.2) is 58.5 Å². The molecule has 0 radical (unpaired) electrons. The number of nitrogens with zero attached hydrogens (tertiary/aromatic N) is 2. The van der Waals surface area contributed by atoms with Crippen molar-refractivity contribution in [2.24, 2.45) is 0 Å². The van der Waals surface area contributed by atoms with Crippen molar-refractivity contribution in [3.8, 4) is 5.88 Å². The predicted octanol–water partition coefficient (Wildman–Crippen LogP) is 3.43. The Morgan fingerprint density at radius 3 is 2.63 bits per heavy atom. The number of rotatable bonds is 4. The van der Waals surface area contributed by atoms with Crippen molar-refractivity contribution in [2.45, 2.75) is 44.2 Å². The number of halogens is 3. The molecule has 0 aliphatic carbocycles. The van der Waals surface area contributed by atoms with Crippen molar-refractivity contribution < 1.29 is 37.0 Å². The van der Waals surface area contributed by atoms with Crippen molar-refractivity contribution in [2.75, 3.05) is 19.7 Å². The highest BCUT2D eigenvalue weighted by atomic mass is 19.4. The number of carboxylic acids is 1. The Labute approximate surface area is 171 Å². The maximum Gasteiger partial charge on any atom is 0.490 e. The summed E-state index contributed by atoms with van der Waals surface area (Å²) in [4.78, 5) is 15.5. The lowest BCUT2D eigenvalue weighted by Crippen LogP contribution is -2.65. The monoisotopic (exact) mass is 428 g/mol. The van der Waals surface area contributed by atoms with Gasteiger partial charge in [0, 0.05) is 38.2 Å². The summed E-state index contributed by atoms with van der Waals surface area (Å²) >= 11 is 0. The first-order chi connectivity index (χ1) is 14.2. The summed E-state index contributed by atoms with van der Waals surface area (Å²) < 4.78 is 49.5.